The third-order valence-corrected chi connectivity index (χ3v) is 4.51. The molecule has 0 saturated carbocycles. The van der Waals surface area contributed by atoms with E-state index in [-0.39, 0.29) is 17.9 Å². The van der Waals surface area contributed by atoms with Gasteiger partial charge in [0.2, 0.25) is 0 Å². The van der Waals surface area contributed by atoms with Crippen LogP contribution < -0.4 is 0 Å². The van der Waals surface area contributed by atoms with Gasteiger partial charge in [-0.15, -0.1) is 0 Å². The Morgan fingerprint density at radius 1 is 0.810 bits per heavy atom. The highest BCUT2D eigenvalue weighted by molar-refractivity contribution is 6.21. The van der Waals surface area contributed by atoms with E-state index < -0.39 is 0 Å². The van der Waals surface area contributed by atoms with Crippen LogP contribution in [0.25, 0.3) is 0 Å². The lowest BCUT2D eigenvalue weighted by atomic mass is 9.87. The number of hydrogen-bond donors (Lipinski definition) is 0. The first kappa shape index (κ1) is 12.3. The third-order valence-electron chi connectivity index (χ3n) is 4.51. The maximum Gasteiger partial charge on any atom is 0.261 e. The van der Waals surface area contributed by atoms with E-state index in [0.717, 1.165) is 19.3 Å². The third kappa shape index (κ3) is 1.81. The highest BCUT2D eigenvalue weighted by Gasteiger charge is 2.40. The summed E-state index contributed by atoms with van der Waals surface area (Å²) in [7, 11) is 0. The molecule has 0 N–H and O–H groups in total. The number of imide groups is 1. The minimum absolute atomic E-state index is 0.0210. The van der Waals surface area contributed by atoms with Gasteiger partial charge in [-0.05, 0) is 42.5 Å². The van der Waals surface area contributed by atoms with Crippen molar-refractivity contribution in [2.75, 3.05) is 0 Å². The van der Waals surface area contributed by atoms with E-state index in [9.17, 15) is 9.59 Å². The van der Waals surface area contributed by atoms with Crippen LogP contribution in [0.3, 0.4) is 0 Å². The van der Waals surface area contributed by atoms with Gasteiger partial charge in [-0.1, -0.05) is 36.4 Å². The molecular formula is C18H15NO2. The number of carbonyl (C=O) groups is 2. The Morgan fingerprint density at radius 3 is 2.05 bits per heavy atom. The van der Waals surface area contributed by atoms with E-state index in [1.54, 1.807) is 12.1 Å². The molecular weight excluding hydrogens is 262 g/mol. The van der Waals surface area contributed by atoms with Crippen LogP contribution >= 0.6 is 0 Å². The Balaban J connectivity index is 1.68. The summed E-state index contributed by atoms with van der Waals surface area (Å²) in [5.41, 5.74) is 3.68. The van der Waals surface area contributed by atoms with Gasteiger partial charge >= 0.3 is 0 Å². The van der Waals surface area contributed by atoms with Gasteiger partial charge in [0, 0.05) is 6.04 Å². The van der Waals surface area contributed by atoms with E-state index in [2.05, 4.69) is 12.1 Å². The molecule has 0 spiro atoms. The van der Waals surface area contributed by atoms with E-state index in [1.165, 1.54) is 16.0 Å². The zero-order valence-electron chi connectivity index (χ0n) is 11.6. The first-order valence-electron chi connectivity index (χ1n) is 7.29. The minimum Gasteiger partial charge on any atom is -0.271 e. The predicted molar refractivity (Wildman–Crippen MR) is 79.2 cm³/mol. The van der Waals surface area contributed by atoms with Crippen molar-refractivity contribution in [1.82, 2.24) is 4.90 Å². The first-order chi connectivity index (χ1) is 10.3. The van der Waals surface area contributed by atoms with Gasteiger partial charge in [0.1, 0.15) is 0 Å². The fourth-order valence-electron chi connectivity index (χ4n) is 3.44. The smallest absolute Gasteiger partial charge is 0.261 e. The molecule has 2 aliphatic rings. The molecule has 104 valence electrons. The Kier molecular flexibility index (Phi) is 2.67. The van der Waals surface area contributed by atoms with Crippen molar-refractivity contribution in [2.45, 2.75) is 25.3 Å². The van der Waals surface area contributed by atoms with Gasteiger partial charge < -0.3 is 0 Å². The first-order valence-corrected chi connectivity index (χ1v) is 7.29. The van der Waals surface area contributed by atoms with E-state index in [0.29, 0.717) is 11.1 Å². The van der Waals surface area contributed by atoms with Crippen LogP contribution in [0, 0.1) is 0 Å². The van der Waals surface area contributed by atoms with E-state index in [1.807, 2.05) is 24.3 Å². The van der Waals surface area contributed by atoms with Crippen LogP contribution in [0.1, 0.15) is 38.3 Å². The molecule has 0 saturated heterocycles. The van der Waals surface area contributed by atoms with Crippen LogP contribution in [0.15, 0.2) is 48.5 Å². The number of hydrogen-bond acceptors (Lipinski definition) is 2. The summed E-state index contributed by atoms with van der Waals surface area (Å²) in [5, 5.41) is 0. The van der Waals surface area contributed by atoms with Crippen molar-refractivity contribution in [1.29, 1.82) is 0 Å². The molecule has 0 aromatic heterocycles. The summed E-state index contributed by atoms with van der Waals surface area (Å²) in [6, 6.07) is 15.4. The maximum absolute atomic E-state index is 12.5. The Labute approximate surface area is 123 Å². The Morgan fingerprint density at radius 2 is 1.38 bits per heavy atom. The number of amides is 2. The number of carbonyl (C=O) groups excluding carboxylic acids is 2. The number of benzene rings is 2. The van der Waals surface area contributed by atoms with Crippen molar-refractivity contribution in [3.05, 3.63) is 70.8 Å². The molecule has 2 amide bonds. The molecule has 1 unspecified atom stereocenters. The molecule has 0 fully saturated rings. The molecule has 1 atom stereocenters. The molecule has 1 aliphatic heterocycles. The summed E-state index contributed by atoms with van der Waals surface area (Å²) < 4.78 is 0. The Hall–Kier alpha value is -2.42. The molecule has 0 radical (unpaired) electrons. The molecule has 2 aromatic carbocycles. The van der Waals surface area contributed by atoms with Crippen molar-refractivity contribution in [3.8, 4) is 0 Å². The summed E-state index contributed by atoms with van der Waals surface area (Å²) in [6.45, 7) is 0. The van der Waals surface area contributed by atoms with E-state index >= 15 is 0 Å². The number of aryl methyl sites for hydroxylation is 1. The molecule has 4 rings (SSSR count). The molecule has 0 bridgehead atoms. The fourth-order valence-corrected chi connectivity index (χ4v) is 3.44. The molecule has 1 heterocycles. The summed E-state index contributed by atoms with van der Waals surface area (Å²) >= 11 is 0. The van der Waals surface area contributed by atoms with Gasteiger partial charge in [-0.25, -0.2) is 0 Å². The largest absolute Gasteiger partial charge is 0.271 e. The highest BCUT2D eigenvalue weighted by Crippen LogP contribution is 2.30. The van der Waals surface area contributed by atoms with Crippen LogP contribution in [-0.4, -0.2) is 22.8 Å². The molecule has 2 aromatic rings. The van der Waals surface area contributed by atoms with Gasteiger partial charge in [0.05, 0.1) is 11.1 Å². The van der Waals surface area contributed by atoms with Crippen molar-refractivity contribution >= 4 is 11.8 Å². The van der Waals surface area contributed by atoms with E-state index in [4.69, 9.17) is 0 Å². The quantitative estimate of drug-likeness (QED) is 0.752. The van der Waals surface area contributed by atoms with Gasteiger partial charge in [-0.3, -0.25) is 14.5 Å². The second-order valence-electron chi connectivity index (χ2n) is 5.69. The predicted octanol–water partition coefficient (Wildman–Crippen LogP) is 2.84. The number of fused-ring (bicyclic) bond motifs is 2. The lowest BCUT2D eigenvalue weighted by Crippen LogP contribution is -2.43. The average molecular weight is 277 g/mol. The van der Waals surface area contributed by atoms with Gasteiger partial charge in [0.25, 0.3) is 11.8 Å². The maximum atomic E-state index is 12.5. The number of nitrogens with zero attached hydrogens (tertiary/aromatic N) is 1. The van der Waals surface area contributed by atoms with Crippen LogP contribution in [0.2, 0.25) is 0 Å². The standard InChI is InChI=1S/C18H15NO2/c20-17-15-7-3-4-8-16(15)18(21)19(17)14-10-9-12-5-1-2-6-13(12)11-14/h1-8,14H,9-11H2. The summed E-state index contributed by atoms with van der Waals surface area (Å²) in [5.74, 6) is -0.278. The molecule has 21 heavy (non-hydrogen) atoms. The zero-order chi connectivity index (χ0) is 14.4. The van der Waals surface area contributed by atoms with Crippen LogP contribution in [0.4, 0.5) is 0 Å². The summed E-state index contributed by atoms with van der Waals surface area (Å²) in [6.07, 6.45) is 2.54. The van der Waals surface area contributed by atoms with Gasteiger partial charge in [0.15, 0.2) is 0 Å². The highest BCUT2D eigenvalue weighted by atomic mass is 16.2. The van der Waals surface area contributed by atoms with Crippen molar-refractivity contribution in [2.24, 2.45) is 0 Å². The Bertz CT molecular complexity index is 715. The molecule has 3 heteroatoms. The van der Waals surface area contributed by atoms with Crippen LogP contribution in [-0.2, 0) is 12.8 Å². The van der Waals surface area contributed by atoms with Crippen molar-refractivity contribution in [3.63, 3.8) is 0 Å². The zero-order valence-corrected chi connectivity index (χ0v) is 11.6. The van der Waals surface area contributed by atoms with Crippen LogP contribution in [0.5, 0.6) is 0 Å². The normalized spacial score (nSPS) is 20.4. The second-order valence-corrected chi connectivity index (χ2v) is 5.69. The molecule has 3 nitrogen and oxygen atoms in total. The second kappa shape index (κ2) is 4.55. The van der Waals surface area contributed by atoms with Gasteiger partial charge in [-0.2, -0.15) is 0 Å². The summed E-state index contributed by atoms with van der Waals surface area (Å²) in [4.78, 5) is 26.5. The monoisotopic (exact) mass is 277 g/mol. The fraction of sp³-hybridized carbons (Fsp3) is 0.222. The molecule has 1 aliphatic carbocycles. The minimum atomic E-state index is -0.139. The topological polar surface area (TPSA) is 37.4 Å². The number of rotatable bonds is 1. The lowest BCUT2D eigenvalue weighted by Gasteiger charge is -2.30. The lowest BCUT2D eigenvalue weighted by molar-refractivity contribution is 0.0571. The average Bonchev–Trinajstić information content (AvgIpc) is 2.79. The van der Waals surface area contributed by atoms with Crippen molar-refractivity contribution < 1.29 is 9.59 Å². The SMILES string of the molecule is O=C1c2ccccc2C(=O)N1C1CCc2ccccc2C1.